The summed E-state index contributed by atoms with van der Waals surface area (Å²) in [6, 6.07) is 7.19. The molecule has 4 aromatic rings. The highest BCUT2D eigenvalue weighted by Crippen LogP contribution is 2.34. The number of carbonyl (C=O) groups is 2. The number of imidazole rings is 1. The Morgan fingerprint density at radius 2 is 2.00 bits per heavy atom. The molecule has 3 aromatic heterocycles. The van der Waals surface area contributed by atoms with Gasteiger partial charge in [0.15, 0.2) is 5.82 Å². The number of nitrogens with zero attached hydrogens (tertiary/aromatic N) is 5. The van der Waals surface area contributed by atoms with Crippen LogP contribution in [-0.4, -0.2) is 54.4 Å². The number of amides is 2. The molecule has 13 heteroatoms. The number of aromatic nitrogens is 5. The van der Waals surface area contributed by atoms with E-state index in [-0.39, 0.29) is 23.2 Å². The molecule has 1 atom stereocenters. The Balaban J connectivity index is 1.42. The Morgan fingerprint density at radius 1 is 1.24 bits per heavy atom. The Kier molecular flexibility index (Phi) is 6.51. The van der Waals surface area contributed by atoms with Crippen LogP contribution in [0, 0.1) is 0 Å². The average Bonchev–Trinajstić information content (AvgIpc) is 3.54. The summed E-state index contributed by atoms with van der Waals surface area (Å²) in [6.45, 7) is 3.14. The van der Waals surface area contributed by atoms with Gasteiger partial charge in [-0.3, -0.25) is 19.1 Å². The first-order valence-electron chi connectivity index (χ1n) is 12.1. The van der Waals surface area contributed by atoms with Crippen LogP contribution in [0.4, 0.5) is 24.8 Å². The van der Waals surface area contributed by atoms with Crippen molar-refractivity contribution >= 4 is 29.0 Å². The molecular formula is C25H25F3N8O2. The van der Waals surface area contributed by atoms with Gasteiger partial charge in [-0.2, -0.15) is 18.3 Å². The van der Waals surface area contributed by atoms with Gasteiger partial charge in [-0.15, -0.1) is 0 Å². The van der Waals surface area contributed by atoms with E-state index in [1.807, 2.05) is 21.3 Å². The van der Waals surface area contributed by atoms with Crippen LogP contribution in [-0.2, 0) is 11.0 Å². The first-order valence-corrected chi connectivity index (χ1v) is 12.1. The Morgan fingerprint density at radius 3 is 2.68 bits per heavy atom. The number of aromatic amines is 1. The number of anilines is 2. The van der Waals surface area contributed by atoms with Crippen LogP contribution < -0.4 is 11.1 Å². The molecule has 0 saturated carbocycles. The van der Waals surface area contributed by atoms with Gasteiger partial charge in [0.2, 0.25) is 5.91 Å². The van der Waals surface area contributed by atoms with Crippen molar-refractivity contribution in [1.29, 1.82) is 0 Å². The second kappa shape index (κ2) is 9.80. The number of halogens is 3. The standard InChI is InChI=1S/C25H25F3N8O2/c1-2-19(37)35-10-3-4-16(13-35)23-32-20(21-22(29)30-9-11-36(21)23)14-5-7-15(8-6-14)24(38)31-18-12-17(33-34-18)25(26,27)28/h5-9,11-12,16H,2-4,10,13H2,1H3,(H2,29,30)(H2,31,33,34,38). The average molecular weight is 527 g/mol. The summed E-state index contributed by atoms with van der Waals surface area (Å²) >= 11 is 0. The first-order chi connectivity index (χ1) is 18.2. The molecular weight excluding hydrogens is 501 g/mol. The highest BCUT2D eigenvalue weighted by molar-refractivity contribution is 6.04. The van der Waals surface area contributed by atoms with Gasteiger partial charge >= 0.3 is 6.18 Å². The fourth-order valence-electron chi connectivity index (χ4n) is 4.71. The number of rotatable bonds is 5. The Labute approximate surface area is 215 Å². The lowest BCUT2D eigenvalue weighted by molar-refractivity contribution is -0.141. The van der Waals surface area contributed by atoms with Crippen LogP contribution in [0.5, 0.6) is 0 Å². The quantitative estimate of drug-likeness (QED) is 0.359. The number of alkyl halides is 3. The summed E-state index contributed by atoms with van der Waals surface area (Å²) in [5.41, 5.74) is 7.29. The van der Waals surface area contributed by atoms with E-state index in [1.54, 1.807) is 36.7 Å². The van der Waals surface area contributed by atoms with E-state index in [4.69, 9.17) is 10.7 Å². The van der Waals surface area contributed by atoms with E-state index in [1.165, 1.54) is 0 Å². The summed E-state index contributed by atoms with van der Waals surface area (Å²) in [5.74, 6) is 0.338. The minimum absolute atomic E-state index is 0.0165. The maximum absolute atomic E-state index is 12.8. The molecule has 198 valence electrons. The number of hydrogen-bond donors (Lipinski definition) is 3. The van der Waals surface area contributed by atoms with Gasteiger partial charge in [0.1, 0.15) is 28.5 Å². The molecule has 0 radical (unpaired) electrons. The summed E-state index contributed by atoms with van der Waals surface area (Å²) in [4.78, 5) is 35.9. The molecule has 4 heterocycles. The molecule has 1 aromatic carbocycles. The van der Waals surface area contributed by atoms with Gasteiger partial charge in [0.05, 0.1) is 0 Å². The zero-order valence-electron chi connectivity index (χ0n) is 20.4. The molecule has 1 fully saturated rings. The number of H-pyrrole nitrogens is 1. The van der Waals surface area contributed by atoms with E-state index in [0.29, 0.717) is 35.6 Å². The summed E-state index contributed by atoms with van der Waals surface area (Å²) in [6.07, 6.45) is 0.978. The van der Waals surface area contributed by atoms with E-state index in [2.05, 4.69) is 15.4 Å². The minimum Gasteiger partial charge on any atom is -0.382 e. The van der Waals surface area contributed by atoms with Crippen molar-refractivity contribution in [3.63, 3.8) is 0 Å². The number of piperidine rings is 1. The third-order valence-corrected chi connectivity index (χ3v) is 6.60. The van der Waals surface area contributed by atoms with E-state index in [9.17, 15) is 22.8 Å². The third-order valence-electron chi connectivity index (χ3n) is 6.60. The van der Waals surface area contributed by atoms with Gasteiger partial charge in [-0.1, -0.05) is 19.1 Å². The largest absolute Gasteiger partial charge is 0.432 e. The molecule has 10 nitrogen and oxygen atoms in total. The number of nitrogens with one attached hydrogen (secondary N) is 2. The van der Waals surface area contributed by atoms with Crippen LogP contribution in [0.25, 0.3) is 16.8 Å². The second-order valence-electron chi connectivity index (χ2n) is 9.08. The smallest absolute Gasteiger partial charge is 0.382 e. The molecule has 2 amide bonds. The van der Waals surface area contributed by atoms with Crippen molar-refractivity contribution in [3.8, 4) is 11.3 Å². The number of nitrogen functional groups attached to an aromatic ring is 1. The highest BCUT2D eigenvalue weighted by Gasteiger charge is 2.33. The van der Waals surface area contributed by atoms with Crippen molar-refractivity contribution < 1.29 is 22.8 Å². The highest BCUT2D eigenvalue weighted by atomic mass is 19.4. The zero-order chi connectivity index (χ0) is 27.0. The SMILES string of the molecule is CCC(=O)N1CCCC(c2nc(-c3ccc(C(=O)Nc4cc(C(F)(F)F)[nH]n4)cc3)c3c(N)nccn23)C1. The number of benzene rings is 1. The second-order valence-corrected chi connectivity index (χ2v) is 9.08. The predicted molar refractivity (Wildman–Crippen MR) is 133 cm³/mol. The predicted octanol–water partition coefficient (Wildman–Crippen LogP) is 4.09. The lowest BCUT2D eigenvalue weighted by Crippen LogP contribution is -2.39. The summed E-state index contributed by atoms with van der Waals surface area (Å²) in [5, 5.41) is 7.70. The maximum Gasteiger partial charge on any atom is 0.432 e. The number of carbonyl (C=O) groups excluding carboxylic acids is 2. The fourth-order valence-corrected chi connectivity index (χ4v) is 4.71. The molecule has 0 spiro atoms. The van der Waals surface area contributed by atoms with Gasteiger partial charge < -0.3 is 16.0 Å². The van der Waals surface area contributed by atoms with Crippen molar-refractivity contribution in [2.45, 2.75) is 38.3 Å². The molecule has 38 heavy (non-hydrogen) atoms. The number of likely N-dealkylation sites (tertiary alicyclic amines) is 1. The normalized spacial score (nSPS) is 16.1. The van der Waals surface area contributed by atoms with Crippen molar-refractivity contribution in [1.82, 2.24) is 29.5 Å². The van der Waals surface area contributed by atoms with E-state index >= 15 is 0 Å². The lowest BCUT2D eigenvalue weighted by atomic mass is 9.97. The van der Waals surface area contributed by atoms with E-state index in [0.717, 1.165) is 31.3 Å². The number of hydrogen-bond acceptors (Lipinski definition) is 6. The van der Waals surface area contributed by atoms with Gasteiger partial charge in [0, 0.05) is 55.0 Å². The monoisotopic (exact) mass is 526 g/mol. The third kappa shape index (κ3) is 4.78. The topological polar surface area (TPSA) is 134 Å². The number of fused-ring (bicyclic) bond motifs is 1. The minimum atomic E-state index is -4.60. The fraction of sp³-hybridized carbons (Fsp3) is 0.320. The van der Waals surface area contributed by atoms with Gasteiger partial charge in [0.25, 0.3) is 5.91 Å². The molecule has 1 unspecified atom stereocenters. The summed E-state index contributed by atoms with van der Waals surface area (Å²) in [7, 11) is 0. The molecule has 1 aliphatic heterocycles. The van der Waals surface area contributed by atoms with Crippen LogP contribution in [0.15, 0.2) is 42.7 Å². The lowest BCUT2D eigenvalue weighted by Gasteiger charge is -2.32. The van der Waals surface area contributed by atoms with Crippen molar-refractivity contribution in [3.05, 3.63) is 59.8 Å². The molecule has 1 aliphatic rings. The zero-order valence-corrected chi connectivity index (χ0v) is 20.4. The molecule has 1 saturated heterocycles. The van der Waals surface area contributed by atoms with Crippen molar-refractivity contribution in [2.75, 3.05) is 24.1 Å². The van der Waals surface area contributed by atoms with Crippen LogP contribution in [0.2, 0.25) is 0 Å². The molecule has 4 N–H and O–H groups in total. The summed E-state index contributed by atoms with van der Waals surface area (Å²) < 4.78 is 40.2. The van der Waals surface area contributed by atoms with E-state index < -0.39 is 17.8 Å². The van der Waals surface area contributed by atoms with Crippen molar-refractivity contribution in [2.24, 2.45) is 0 Å². The van der Waals surface area contributed by atoms with Gasteiger partial charge in [-0.05, 0) is 25.0 Å². The Bertz CT molecular complexity index is 1490. The van der Waals surface area contributed by atoms with Crippen LogP contribution >= 0.6 is 0 Å². The van der Waals surface area contributed by atoms with Gasteiger partial charge in [-0.25, -0.2) is 9.97 Å². The Hall–Kier alpha value is -4.42. The maximum atomic E-state index is 12.8. The van der Waals surface area contributed by atoms with Crippen LogP contribution in [0.3, 0.4) is 0 Å². The first kappa shape index (κ1) is 25.2. The number of nitrogens with two attached hydrogens (primary N) is 1. The van der Waals surface area contributed by atoms with Crippen LogP contribution in [0.1, 0.15) is 54.0 Å². The molecule has 5 rings (SSSR count). The molecule has 0 bridgehead atoms. The molecule has 0 aliphatic carbocycles.